The Hall–Kier alpha value is -1.91. The van der Waals surface area contributed by atoms with Gasteiger partial charge in [0.05, 0.1) is 0 Å². The molecule has 1 radical (unpaired) electrons. The molecule has 1 N–H and O–H groups in total. The van der Waals surface area contributed by atoms with Gasteiger partial charge in [-0.05, 0) is 41.9 Å². The van der Waals surface area contributed by atoms with Crippen LogP contribution in [0.15, 0.2) is 16.9 Å². The molecule has 2 aliphatic rings. The van der Waals surface area contributed by atoms with Gasteiger partial charge in [0.15, 0.2) is 5.69 Å². The number of fused-ring (bicyclic) bond motifs is 3. The molecule has 3 heterocycles. The molecule has 2 aromatic rings. The van der Waals surface area contributed by atoms with E-state index in [1.54, 1.807) is 0 Å². The Kier molecular flexibility index (Phi) is 6.43. The van der Waals surface area contributed by atoms with Crippen molar-refractivity contribution < 1.29 is 30.0 Å². The summed E-state index contributed by atoms with van der Waals surface area (Å²) in [5.41, 5.74) is 3.09. The van der Waals surface area contributed by atoms with E-state index in [-0.39, 0.29) is 32.8 Å². The molecular formula is C18H23N4O3Re-. The van der Waals surface area contributed by atoms with Gasteiger partial charge in [0, 0.05) is 52.2 Å². The van der Waals surface area contributed by atoms with Crippen molar-refractivity contribution >= 4 is 28.5 Å². The second kappa shape index (κ2) is 8.19. The fraction of sp³-hybridized carbons (Fsp3) is 0.500. The molecule has 0 bridgehead atoms. The number of carbonyl (C=O) groups is 2. The van der Waals surface area contributed by atoms with Crippen LogP contribution in [0.5, 0.6) is 0 Å². The summed E-state index contributed by atoms with van der Waals surface area (Å²) in [6.45, 7) is 4.97. The molecule has 1 aromatic heterocycles. The summed E-state index contributed by atoms with van der Waals surface area (Å²) >= 11 is 0. The molecule has 0 saturated carbocycles. The Labute approximate surface area is 165 Å². The molecule has 1 saturated heterocycles. The molecule has 1 unspecified atom stereocenters. The van der Waals surface area contributed by atoms with Gasteiger partial charge in [-0.15, -0.1) is 0 Å². The van der Waals surface area contributed by atoms with E-state index in [0.717, 1.165) is 36.2 Å². The van der Waals surface area contributed by atoms with Crippen LogP contribution in [0.4, 0.5) is 5.69 Å². The molecule has 0 aliphatic carbocycles. The van der Waals surface area contributed by atoms with E-state index in [0.29, 0.717) is 11.9 Å². The number of aromatic nitrogens is 2. The predicted molar refractivity (Wildman–Crippen MR) is 95.9 cm³/mol. The zero-order valence-corrected chi connectivity index (χ0v) is 17.9. The molecule has 1 aromatic carbocycles. The molecule has 1 atom stereocenters. The zero-order chi connectivity index (χ0) is 18.1. The fourth-order valence-corrected chi connectivity index (χ4v) is 3.66. The largest absolute Gasteiger partial charge is 0.400 e. The first-order valence-corrected chi connectivity index (χ1v) is 8.82. The third kappa shape index (κ3) is 3.36. The summed E-state index contributed by atoms with van der Waals surface area (Å²) in [5.74, 6) is -0.704. The number of amides is 2. The van der Waals surface area contributed by atoms with E-state index in [1.807, 2.05) is 33.0 Å². The maximum atomic E-state index is 12.4. The van der Waals surface area contributed by atoms with Crippen LogP contribution in [0.3, 0.4) is 0 Å². The topological polar surface area (TPSA) is 85.5 Å². The summed E-state index contributed by atoms with van der Waals surface area (Å²) in [6, 6.07) is 3.15. The van der Waals surface area contributed by atoms with Crippen LogP contribution in [-0.4, -0.2) is 30.0 Å². The number of imidazole rings is 1. The number of nitrogens with one attached hydrogen (secondary N) is 1. The number of piperidine rings is 1. The Morgan fingerprint density at radius 1 is 1.15 bits per heavy atom. The monoisotopic (exact) mass is 530 g/mol. The first kappa shape index (κ1) is 20.4. The average molecular weight is 530 g/mol. The number of anilines is 1. The number of benzene rings is 1. The van der Waals surface area contributed by atoms with Crippen LogP contribution >= 0.6 is 0 Å². The van der Waals surface area contributed by atoms with Crippen LogP contribution in [0.2, 0.25) is 0 Å². The maximum Gasteiger partial charge on any atom is 0.229 e. The summed E-state index contributed by atoms with van der Waals surface area (Å²) in [4.78, 5) is 42.2. The van der Waals surface area contributed by atoms with Crippen LogP contribution in [0.1, 0.15) is 44.7 Å². The van der Waals surface area contributed by atoms with Gasteiger partial charge in [0.25, 0.3) is 0 Å². The molecular weight excluding hydrogens is 506 g/mol. The van der Waals surface area contributed by atoms with Gasteiger partial charge in [-0.1, -0.05) is 19.9 Å². The van der Waals surface area contributed by atoms with Gasteiger partial charge >= 0.3 is 0 Å². The van der Waals surface area contributed by atoms with Crippen LogP contribution in [0.25, 0.3) is 11.0 Å². The number of hydrogen-bond acceptors (Lipinski definition) is 4. The second-order valence-corrected chi connectivity index (χ2v) is 6.19. The fourth-order valence-electron chi connectivity index (χ4n) is 3.66. The Bertz CT molecular complexity index is 886. The van der Waals surface area contributed by atoms with Crippen molar-refractivity contribution in [2.24, 2.45) is 0 Å². The smallest absolute Gasteiger partial charge is 0.229 e. The number of rotatable bonds is 1. The molecule has 7 nitrogen and oxygen atoms in total. The third-order valence-corrected chi connectivity index (χ3v) is 4.75. The number of hydrogen-bond donors (Lipinski definition) is 1. The standard InChI is InChI=1S/C16H18N4O3.C2H6.Re/c1-19-8-2-3-9-11(19)5-4-10-14(9)20(16(23)17-10)12-6-7-13(21)18-15(12)22;1-2;/h4-5,12H,2-3,6-8H2,1H3,(H2,17,18,21,22,23);1-2H3;/p-1. The van der Waals surface area contributed by atoms with Crippen molar-refractivity contribution in [3.63, 3.8) is 0 Å². The summed E-state index contributed by atoms with van der Waals surface area (Å²) in [6.07, 6.45) is 2.43. The summed E-state index contributed by atoms with van der Waals surface area (Å²) < 4.78 is 1.48. The van der Waals surface area contributed by atoms with Crippen molar-refractivity contribution in [2.45, 2.75) is 45.6 Å². The molecule has 2 amide bonds. The van der Waals surface area contributed by atoms with Crippen LogP contribution < -0.4 is 20.9 Å². The number of carbonyl (C=O) groups excluding carboxylic acids is 2. The first-order valence-electron chi connectivity index (χ1n) is 8.82. The molecule has 141 valence electrons. The average Bonchev–Trinajstić information content (AvgIpc) is 2.93. The van der Waals surface area contributed by atoms with Gasteiger partial charge in [-0.25, -0.2) is 0 Å². The number of aryl methyl sites for hydroxylation is 1. The SMILES string of the molecule is CC.CN1CCCc2c1ccc1[n-]c(=O)n(C3CCC(=O)NC3=O)c21.[Re]. The molecule has 0 spiro atoms. The van der Waals surface area contributed by atoms with E-state index in [1.165, 1.54) is 4.57 Å². The van der Waals surface area contributed by atoms with Gasteiger partial charge < -0.3 is 14.5 Å². The van der Waals surface area contributed by atoms with E-state index in [9.17, 15) is 14.4 Å². The normalized spacial score (nSPS) is 19.2. The van der Waals surface area contributed by atoms with Gasteiger partial charge in [-0.2, -0.15) is 0 Å². The minimum Gasteiger partial charge on any atom is -0.400 e. The molecule has 4 rings (SSSR count). The second-order valence-electron chi connectivity index (χ2n) is 6.19. The van der Waals surface area contributed by atoms with Gasteiger partial charge in [-0.3, -0.25) is 19.7 Å². The Morgan fingerprint density at radius 2 is 1.88 bits per heavy atom. The molecule has 26 heavy (non-hydrogen) atoms. The number of nitrogens with zero attached hydrogens (tertiary/aromatic N) is 3. The third-order valence-electron chi connectivity index (χ3n) is 4.75. The van der Waals surface area contributed by atoms with Gasteiger partial charge in [0.2, 0.25) is 11.8 Å². The van der Waals surface area contributed by atoms with Crippen molar-refractivity contribution in [3.8, 4) is 0 Å². The molecule has 2 aliphatic heterocycles. The van der Waals surface area contributed by atoms with E-state index >= 15 is 0 Å². The maximum absolute atomic E-state index is 12.4. The summed E-state index contributed by atoms with van der Waals surface area (Å²) in [5, 5.41) is 2.32. The number of imide groups is 1. The van der Waals surface area contributed by atoms with Crippen molar-refractivity contribution in [1.29, 1.82) is 0 Å². The van der Waals surface area contributed by atoms with Crippen molar-refractivity contribution in [3.05, 3.63) is 28.2 Å². The van der Waals surface area contributed by atoms with Crippen LogP contribution in [-0.2, 0) is 36.4 Å². The van der Waals surface area contributed by atoms with E-state index in [2.05, 4.69) is 15.2 Å². The summed E-state index contributed by atoms with van der Waals surface area (Å²) in [7, 11) is 2.02. The van der Waals surface area contributed by atoms with E-state index < -0.39 is 17.6 Å². The zero-order valence-electron chi connectivity index (χ0n) is 15.2. The van der Waals surface area contributed by atoms with Crippen molar-refractivity contribution in [2.75, 3.05) is 18.5 Å². The quantitative estimate of drug-likeness (QED) is 0.564. The van der Waals surface area contributed by atoms with Crippen LogP contribution in [0, 0.1) is 0 Å². The van der Waals surface area contributed by atoms with E-state index in [4.69, 9.17) is 0 Å². The minimum atomic E-state index is -0.663. The van der Waals surface area contributed by atoms with Gasteiger partial charge in [0.1, 0.15) is 0 Å². The molecule has 1 fully saturated rings. The molecule has 8 heteroatoms. The Morgan fingerprint density at radius 3 is 2.58 bits per heavy atom. The minimum absolute atomic E-state index is 0. The first-order chi connectivity index (χ1) is 12.1. The predicted octanol–water partition coefficient (Wildman–Crippen LogP) is 1.34. The van der Waals surface area contributed by atoms with Crippen molar-refractivity contribution in [1.82, 2.24) is 14.9 Å². The Balaban J connectivity index is 0.000000784.